The van der Waals surface area contributed by atoms with Crippen LogP contribution in [0.1, 0.15) is 26.8 Å². The topological polar surface area (TPSA) is 111 Å². The van der Waals surface area contributed by atoms with Crippen LogP contribution in [0.5, 0.6) is 0 Å². The maximum Gasteiger partial charge on any atom is 0.435 e. The Bertz CT molecular complexity index is 1460. The lowest BCUT2D eigenvalue weighted by Gasteiger charge is -2.12. The molecule has 0 bridgehead atoms. The second kappa shape index (κ2) is 8.16. The lowest BCUT2D eigenvalue weighted by molar-refractivity contribution is -0.141. The first-order valence-corrected chi connectivity index (χ1v) is 10.5. The predicted octanol–water partition coefficient (Wildman–Crippen LogP) is 4.83. The first-order chi connectivity index (χ1) is 15.5. The van der Waals surface area contributed by atoms with Crippen LogP contribution in [0.3, 0.4) is 0 Å². The van der Waals surface area contributed by atoms with Gasteiger partial charge in [0.15, 0.2) is 5.69 Å². The predicted molar refractivity (Wildman–Crippen MR) is 119 cm³/mol. The molecule has 33 heavy (non-hydrogen) atoms. The number of nitrogens with two attached hydrogens (primary N) is 1. The molecule has 0 aliphatic rings. The third kappa shape index (κ3) is 4.29. The van der Waals surface area contributed by atoms with E-state index >= 15 is 0 Å². The van der Waals surface area contributed by atoms with Crippen LogP contribution in [0.25, 0.3) is 21.5 Å². The highest BCUT2D eigenvalue weighted by atomic mass is 35.5. The van der Waals surface area contributed by atoms with E-state index in [1.165, 1.54) is 16.7 Å². The van der Waals surface area contributed by atoms with E-state index in [-0.39, 0.29) is 39.3 Å². The summed E-state index contributed by atoms with van der Waals surface area (Å²) in [6.45, 7) is 1.86. The number of hydrogen-bond acceptors (Lipinski definition) is 6. The molecule has 7 nitrogen and oxygen atoms in total. The molecule has 4 rings (SSSR count). The second-order valence-corrected chi connectivity index (χ2v) is 8.57. The third-order valence-electron chi connectivity index (χ3n) is 4.89. The van der Waals surface area contributed by atoms with Crippen molar-refractivity contribution < 1.29 is 23.1 Å². The van der Waals surface area contributed by atoms with E-state index in [0.29, 0.717) is 22.2 Å². The Balaban J connectivity index is 1.84. The molecule has 0 spiro atoms. The zero-order valence-corrected chi connectivity index (χ0v) is 18.3. The maximum atomic E-state index is 13.2. The van der Waals surface area contributed by atoms with Crippen LogP contribution in [0, 0.1) is 6.92 Å². The number of benzene rings is 2. The zero-order valence-electron chi connectivity index (χ0n) is 16.8. The van der Waals surface area contributed by atoms with E-state index < -0.39 is 22.7 Å². The Morgan fingerprint density at radius 3 is 2.45 bits per heavy atom. The van der Waals surface area contributed by atoms with Gasteiger partial charge in [-0.3, -0.25) is 9.36 Å². The third-order valence-corrected chi connectivity index (χ3v) is 6.22. The van der Waals surface area contributed by atoms with Crippen LogP contribution in [-0.4, -0.2) is 25.6 Å². The van der Waals surface area contributed by atoms with Crippen LogP contribution in [-0.2, 0) is 12.7 Å². The van der Waals surface area contributed by atoms with Crippen molar-refractivity contribution in [3.63, 3.8) is 0 Å². The van der Waals surface area contributed by atoms with Gasteiger partial charge < -0.3 is 10.8 Å². The Kier molecular flexibility index (Phi) is 5.62. The number of aryl methyl sites for hydroxylation is 1. The summed E-state index contributed by atoms with van der Waals surface area (Å²) in [5.41, 5.74) is 5.21. The first-order valence-electron chi connectivity index (χ1n) is 9.32. The normalized spacial score (nSPS) is 11.8. The van der Waals surface area contributed by atoms with Crippen molar-refractivity contribution in [3.05, 3.63) is 73.7 Å². The maximum absolute atomic E-state index is 13.2. The summed E-state index contributed by atoms with van der Waals surface area (Å²) in [5, 5.41) is 9.64. The molecule has 2 aromatic heterocycles. The summed E-state index contributed by atoms with van der Waals surface area (Å²) >= 11 is 6.25. The number of alkyl halides is 3. The number of nitrogens with zero attached hydrogens (tertiary/aromatic N) is 3. The minimum absolute atomic E-state index is 0.0253. The van der Waals surface area contributed by atoms with E-state index in [0.717, 1.165) is 5.56 Å². The molecule has 0 amide bonds. The molecular formula is C21H14ClF3N4O3S. The molecule has 0 saturated carbocycles. The summed E-state index contributed by atoms with van der Waals surface area (Å²) in [6, 6.07) is 9.60. The molecule has 2 heterocycles. The number of nitrogen functional groups attached to an aromatic ring is 1. The summed E-state index contributed by atoms with van der Waals surface area (Å²) in [7, 11) is 0. The standard InChI is InChI=1S/C21H14ClF3N4O3S/c1-9-27-15-7-12(18-28-17(21(23,24)25)16(33-18)20(31)32)14(26)6-13(15)19(30)29(9)8-10-2-4-11(22)5-3-10/h2-7H,8,26H2,1H3,(H,31,32). The molecule has 0 aliphatic carbocycles. The van der Waals surface area contributed by atoms with Crippen molar-refractivity contribution in [1.29, 1.82) is 0 Å². The molecule has 12 heteroatoms. The summed E-state index contributed by atoms with van der Waals surface area (Å²) < 4.78 is 41.1. The average Bonchev–Trinajstić information content (AvgIpc) is 3.19. The van der Waals surface area contributed by atoms with Gasteiger partial charge in [-0.05, 0) is 36.8 Å². The SMILES string of the molecule is Cc1nc2cc(-c3nc(C(F)(F)F)c(C(=O)O)s3)c(N)cc2c(=O)n1Cc1ccc(Cl)cc1. The van der Waals surface area contributed by atoms with Gasteiger partial charge in [0.05, 0.1) is 17.4 Å². The summed E-state index contributed by atoms with van der Waals surface area (Å²) in [4.78, 5) is 31.3. The molecule has 0 unspecified atom stereocenters. The van der Waals surface area contributed by atoms with Crippen molar-refractivity contribution in [1.82, 2.24) is 14.5 Å². The van der Waals surface area contributed by atoms with Gasteiger partial charge in [0, 0.05) is 16.3 Å². The Hall–Kier alpha value is -3.44. The number of halogens is 4. The zero-order chi connectivity index (χ0) is 24.1. The average molecular weight is 495 g/mol. The van der Waals surface area contributed by atoms with E-state index in [1.807, 2.05) is 0 Å². The molecule has 2 aromatic carbocycles. The minimum Gasteiger partial charge on any atom is -0.477 e. The lowest BCUT2D eigenvalue weighted by Crippen LogP contribution is -2.24. The highest BCUT2D eigenvalue weighted by Crippen LogP contribution is 2.39. The van der Waals surface area contributed by atoms with Crippen molar-refractivity contribution >= 4 is 45.5 Å². The highest BCUT2D eigenvalue weighted by Gasteiger charge is 2.40. The molecule has 170 valence electrons. The van der Waals surface area contributed by atoms with Crippen LogP contribution in [0.15, 0.2) is 41.2 Å². The van der Waals surface area contributed by atoms with Crippen LogP contribution < -0.4 is 11.3 Å². The molecule has 0 radical (unpaired) electrons. The van der Waals surface area contributed by atoms with Gasteiger partial charge in [0.2, 0.25) is 0 Å². The van der Waals surface area contributed by atoms with E-state index in [4.69, 9.17) is 22.4 Å². The highest BCUT2D eigenvalue weighted by molar-refractivity contribution is 7.17. The lowest BCUT2D eigenvalue weighted by atomic mass is 10.1. The number of thiazole rings is 1. The first kappa shape index (κ1) is 22.7. The number of rotatable bonds is 4. The molecule has 0 saturated heterocycles. The number of aromatic nitrogens is 3. The number of carbonyl (C=O) groups is 1. The number of carboxylic acids is 1. The molecule has 0 fully saturated rings. The number of fused-ring (bicyclic) bond motifs is 1. The molecule has 0 aliphatic heterocycles. The van der Waals surface area contributed by atoms with Gasteiger partial charge >= 0.3 is 12.1 Å². The fourth-order valence-corrected chi connectivity index (χ4v) is 4.40. The Labute approximate surface area is 192 Å². The molecule has 0 atom stereocenters. The van der Waals surface area contributed by atoms with E-state index in [9.17, 15) is 22.8 Å². The largest absolute Gasteiger partial charge is 0.477 e. The monoisotopic (exact) mass is 494 g/mol. The Morgan fingerprint density at radius 1 is 1.21 bits per heavy atom. The molecular weight excluding hydrogens is 481 g/mol. The van der Waals surface area contributed by atoms with Gasteiger partial charge in [-0.2, -0.15) is 13.2 Å². The molecule has 4 aromatic rings. The van der Waals surface area contributed by atoms with Crippen molar-refractivity contribution in [2.45, 2.75) is 19.6 Å². The van der Waals surface area contributed by atoms with Gasteiger partial charge in [0.25, 0.3) is 5.56 Å². The minimum atomic E-state index is -4.95. The van der Waals surface area contributed by atoms with Crippen molar-refractivity contribution in [3.8, 4) is 10.6 Å². The van der Waals surface area contributed by atoms with Crippen LogP contribution in [0.2, 0.25) is 5.02 Å². The Morgan fingerprint density at radius 2 is 1.88 bits per heavy atom. The van der Waals surface area contributed by atoms with Gasteiger partial charge in [0.1, 0.15) is 15.7 Å². The number of aromatic carboxylic acids is 1. The fraction of sp³-hybridized carbons (Fsp3) is 0.143. The van der Waals surface area contributed by atoms with Crippen molar-refractivity contribution in [2.75, 3.05) is 5.73 Å². The van der Waals surface area contributed by atoms with E-state index in [1.54, 1.807) is 31.2 Å². The summed E-state index contributed by atoms with van der Waals surface area (Å²) in [5.74, 6) is -1.37. The van der Waals surface area contributed by atoms with Crippen LogP contribution in [0.4, 0.5) is 18.9 Å². The van der Waals surface area contributed by atoms with Crippen molar-refractivity contribution in [2.24, 2.45) is 0 Å². The van der Waals surface area contributed by atoms with Gasteiger partial charge in [-0.15, -0.1) is 11.3 Å². The van der Waals surface area contributed by atoms with Gasteiger partial charge in [-0.25, -0.2) is 14.8 Å². The summed E-state index contributed by atoms with van der Waals surface area (Å²) in [6.07, 6.45) is -4.95. The van der Waals surface area contributed by atoms with Gasteiger partial charge in [-0.1, -0.05) is 23.7 Å². The molecule has 3 N–H and O–H groups in total. The number of hydrogen-bond donors (Lipinski definition) is 2. The number of anilines is 1. The quantitative estimate of drug-likeness (QED) is 0.393. The second-order valence-electron chi connectivity index (χ2n) is 7.13. The smallest absolute Gasteiger partial charge is 0.435 e. The fourth-order valence-electron chi connectivity index (χ4n) is 3.31. The van der Waals surface area contributed by atoms with E-state index in [2.05, 4.69) is 9.97 Å². The number of carboxylic acid groups (broad SMARTS) is 1. The van der Waals surface area contributed by atoms with Crippen LogP contribution >= 0.6 is 22.9 Å².